The Labute approximate surface area is 133 Å². The number of fused-ring (bicyclic) bond motifs is 1. The van der Waals surface area contributed by atoms with E-state index in [1.54, 1.807) is 0 Å². The molecule has 1 heterocycles. The van der Waals surface area contributed by atoms with Crippen LogP contribution in [-0.2, 0) is 11.2 Å². The first kappa shape index (κ1) is 14.7. The second kappa shape index (κ2) is 6.24. The fourth-order valence-corrected chi connectivity index (χ4v) is 3.00. The second-order valence-electron chi connectivity index (χ2n) is 5.45. The highest BCUT2D eigenvalue weighted by atomic mass is 35.5. The summed E-state index contributed by atoms with van der Waals surface area (Å²) in [6, 6.07) is 15.7. The maximum atomic E-state index is 11.2. The molecule has 0 saturated carbocycles. The Kier molecular flexibility index (Phi) is 4.16. The summed E-state index contributed by atoms with van der Waals surface area (Å²) in [7, 11) is 0. The third-order valence-electron chi connectivity index (χ3n) is 3.84. The Hall–Kier alpha value is -2.26. The maximum absolute atomic E-state index is 11.2. The molecule has 4 heteroatoms. The molecule has 3 aromatic rings. The SMILES string of the molecule is O=C(O)CC(Cc1cccc(Cl)c1)c1ccc2cc[nH]c2c1. The summed E-state index contributed by atoms with van der Waals surface area (Å²) in [5.74, 6) is -0.873. The molecule has 0 fully saturated rings. The van der Waals surface area contributed by atoms with Crippen molar-refractivity contribution in [1.82, 2.24) is 4.98 Å². The van der Waals surface area contributed by atoms with E-state index in [-0.39, 0.29) is 12.3 Å². The van der Waals surface area contributed by atoms with Crippen molar-refractivity contribution in [2.24, 2.45) is 0 Å². The minimum absolute atomic E-state index is 0.0799. The van der Waals surface area contributed by atoms with Crippen molar-refractivity contribution in [2.75, 3.05) is 0 Å². The van der Waals surface area contributed by atoms with Gasteiger partial charge in [-0.25, -0.2) is 0 Å². The highest BCUT2D eigenvalue weighted by Gasteiger charge is 2.17. The van der Waals surface area contributed by atoms with Gasteiger partial charge in [0.2, 0.25) is 0 Å². The Balaban J connectivity index is 1.92. The molecule has 3 rings (SSSR count). The Bertz CT molecular complexity index is 809. The molecule has 1 aromatic heterocycles. The summed E-state index contributed by atoms with van der Waals surface area (Å²) in [6.45, 7) is 0. The fraction of sp³-hybridized carbons (Fsp3) is 0.167. The molecule has 0 amide bonds. The van der Waals surface area contributed by atoms with Crippen LogP contribution in [0.3, 0.4) is 0 Å². The van der Waals surface area contributed by atoms with Gasteiger partial charge in [-0.3, -0.25) is 4.79 Å². The number of carboxylic acids is 1. The Morgan fingerprint density at radius 3 is 2.82 bits per heavy atom. The number of aromatic amines is 1. The van der Waals surface area contributed by atoms with E-state index in [2.05, 4.69) is 4.98 Å². The van der Waals surface area contributed by atoms with Gasteiger partial charge in [0, 0.05) is 16.7 Å². The third kappa shape index (κ3) is 3.31. The molecule has 1 unspecified atom stereocenters. The van der Waals surface area contributed by atoms with Gasteiger partial charge in [0.25, 0.3) is 0 Å². The lowest BCUT2D eigenvalue weighted by Crippen LogP contribution is -2.09. The van der Waals surface area contributed by atoms with E-state index in [0.717, 1.165) is 22.0 Å². The molecule has 0 radical (unpaired) electrons. The van der Waals surface area contributed by atoms with Crippen LogP contribution >= 0.6 is 11.6 Å². The van der Waals surface area contributed by atoms with Gasteiger partial charge in [0.1, 0.15) is 0 Å². The molecule has 0 aliphatic carbocycles. The van der Waals surface area contributed by atoms with Crippen molar-refractivity contribution in [2.45, 2.75) is 18.8 Å². The molecule has 3 nitrogen and oxygen atoms in total. The third-order valence-corrected chi connectivity index (χ3v) is 4.08. The van der Waals surface area contributed by atoms with Gasteiger partial charge in [-0.15, -0.1) is 0 Å². The number of H-pyrrole nitrogens is 1. The van der Waals surface area contributed by atoms with E-state index < -0.39 is 5.97 Å². The lowest BCUT2D eigenvalue weighted by molar-refractivity contribution is -0.137. The smallest absolute Gasteiger partial charge is 0.303 e. The summed E-state index contributed by atoms with van der Waals surface area (Å²) in [4.78, 5) is 14.4. The number of hydrogen-bond donors (Lipinski definition) is 2. The molecule has 2 aromatic carbocycles. The van der Waals surface area contributed by atoms with Crippen LogP contribution in [-0.4, -0.2) is 16.1 Å². The monoisotopic (exact) mass is 313 g/mol. The molecule has 1 atom stereocenters. The van der Waals surface area contributed by atoms with Crippen LogP contribution < -0.4 is 0 Å². The molecule has 0 spiro atoms. The number of nitrogens with one attached hydrogen (secondary N) is 1. The Morgan fingerprint density at radius 2 is 2.05 bits per heavy atom. The molecule has 2 N–H and O–H groups in total. The zero-order chi connectivity index (χ0) is 15.5. The van der Waals surface area contributed by atoms with Crippen molar-refractivity contribution in [3.63, 3.8) is 0 Å². The van der Waals surface area contributed by atoms with E-state index in [9.17, 15) is 9.90 Å². The minimum atomic E-state index is -0.793. The van der Waals surface area contributed by atoms with Crippen LogP contribution in [0.4, 0.5) is 0 Å². The predicted molar refractivity (Wildman–Crippen MR) is 88.4 cm³/mol. The number of hydrogen-bond acceptors (Lipinski definition) is 1. The van der Waals surface area contributed by atoms with Gasteiger partial charge in [-0.05, 0) is 53.1 Å². The van der Waals surface area contributed by atoms with Crippen molar-refractivity contribution in [1.29, 1.82) is 0 Å². The summed E-state index contributed by atoms with van der Waals surface area (Å²) in [5, 5.41) is 11.0. The van der Waals surface area contributed by atoms with Crippen LogP contribution in [0.25, 0.3) is 10.9 Å². The number of benzene rings is 2. The molecule has 0 saturated heterocycles. The first-order chi connectivity index (χ1) is 10.6. The van der Waals surface area contributed by atoms with Crippen LogP contribution in [0.5, 0.6) is 0 Å². The maximum Gasteiger partial charge on any atom is 0.303 e. The normalized spacial score (nSPS) is 12.4. The van der Waals surface area contributed by atoms with Crippen LogP contribution in [0.15, 0.2) is 54.7 Å². The van der Waals surface area contributed by atoms with E-state index in [1.165, 1.54) is 0 Å². The first-order valence-corrected chi connectivity index (χ1v) is 7.53. The number of carbonyl (C=O) groups is 1. The highest BCUT2D eigenvalue weighted by Crippen LogP contribution is 2.28. The van der Waals surface area contributed by atoms with Crippen molar-refractivity contribution in [3.8, 4) is 0 Å². The number of carboxylic acid groups (broad SMARTS) is 1. The average molecular weight is 314 g/mol. The van der Waals surface area contributed by atoms with Gasteiger partial charge in [-0.1, -0.05) is 35.9 Å². The number of rotatable bonds is 5. The molecule has 112 valence electrons. The largest absolute Gasteiger partial charge is 0.481 e. The van der Waals surface area contributed by atoms with Crippen molar-refractivity contribution < 1.29 is 9.90 Å². The molecule has 0 aliphatic heterocycles. The predicted octanol–water partition coefficient (Wildman–Crippen LogP) is 4.62. The first-order valence-electron chi connectivity index (χ1n) is 7.15. The van der Waals surface area contributed by atoms with Crippen molar-refractivity contribution >= 4 is 28.5 Å². The second-order valence-corrected chi connectivity index (χ2v) is 5.89. The minimum Gasteiger partial charge on any atom is -0.481 e. The lowest BCUT2D eigenvalue weighted by atomic mass is 9.89. The van der Waals surface area contributed by atoms with Gasteiger partial charge in [-0.2, -0.15) is 0 Å². The van der Waals surface area contributed by atoms with E-state index in [0.29, 0.717) is 11.4 Å². The van der Waals surface area contributed by atoms with Gasteiger partial charge < -0.3 is 10.1 Å². The van der Waals surface area contributed by atoms with Gasteiger partial charge >= 0.3 is 5.97 Å². The lowest BCUT2D eigenvalue weighted by Gasteiger charge is -2.16. The zero-order valence-electron chi connectivity index (χ0n) is 11.9. The van der Waals surface area contributed by atoms with E-state index >= 15 is 0 Å². The van der Waals surface area contributed by atoms with Crippen LogP contribution in [0.2, 0.25) is 5.02 Å². The number of halogens is 1. The zero-order valence-corrected chi connectivity index (χ0v) is 12.7. The molecular formula is C18H16ClNO2. The summed E-state index contributed by atoms with van der Waals surface area (Å²) in [6.07, 6.45) is 2.63. The standard InChI is InChI=1S/C18H16ClNO2/c19-16-3-1-2-12(9-16)8-15(11-18(21)22)14-5-4-13-6-7-20-17(13)10-14/h1-7,9-10,15,20H,8,11H2,(H,21,22). The topological polar surface area (TPSA) is 53.1 Å². The Morgan fingerprint density at radius 1 is 1.18 bits per heavy atom. The van der Waals surface area contributed by atoms with Gasteiger partial charge in [0.05, 0.1) is 6.42 Å². The van der Waals surface area contributed by atoms with E-state index in [1.807, 2.05) is 54.7 Å². The van der Waals surface area contributed by atoms with Crippen molar-refractivity contribution in [3.05, 3.63) is 70.9 Å². The summed E-state index contributed by atoms with van der Waals surface area (Å²) < 4.78 is 0. The quantitative estimate of drug-likeness (QED) is 0.722. The summed E-state index contributed by atoms with van der Waals surface area (Å²) >= 11 is 6.02. The van der Waals surface area contributed by atoms with E-state index in [4.69, 9.17) is 11.6 Å². The molecule has 22 heavy (non-hydrogen) atoms. The molecular weight excluding hydrogens is 298 g/mol. The number of aliphatic carboxylic acids is 1. The number of aromatic nitrogens is 1. The fourth-order valence-electron chi connectivity index (χ4n) is 2.79. The van der Waals surface area contributed by atoms with Gasteiger partial charge in [0.15, 0.2) is 0 Å². The van der Waals surface area contributed by atoms with Crippen LogP contribution in [0, 0.1) is 0 Å². The molecule has 0 bridgehead atoms. The highest BCUT2D eigenvalue weighted by molar-refractivity contribution is 6.30. The van der Waals surface area contributed by atoms with Crippen LogP contribution in [0.1, 0.15) is 23.5 Å². The molecule has 0 aliphatic rings. The summed E-state index contributed by atoms with van der Waals surface area (Å²) in [5.41, 5.74) is 3.10. The average Bonchev–Trinajstić information content (AvgIpc) is 2.93.